The van der Waals surface area contributed by atoms with Gasteiger partial charge in [0.2, 0.25) is 5.91 Å². The molecule has 1 amide bonds. The molecule has 0 saturated carbocycles. The van der Waals surface area contributed by atoms with Crippen molar-refractivity contribution in [1.82, 2.24) is 5.32 Å². The predicted molar refractivity (Wildman–Crippen MR) is 134 cm³/mol. The number of quaternary nitrogens is 1. The third kappa shape index (κ3) is 21.7. The van der Waals surface area contributed by atoms with Crippen molar-refractivity contribution in [1.29, 1.82) is 0 Å². The lowest BCUT2D eigenvalue weighted by atomic mass is 10.1. The summed E-state index contributed by atoms with van der Waals surface area (Å²) in [5.74, 6) is 1.60. The molecule has 0 aromatic rings. The van der Waals surface area contributed by atoms with Gasteiger partial charge in [-0.15, -0.1) is 0 Å². The number of nitrogens with zero attached hydrogens (tertiary/aromatic N) is 1. The molecule has 0 rings (SSSR count). The Balaban J connectivity index is 4.45. The highest BCUT2D eigenvalue weighted by molar-refractivity contribution is 7.99. The third-order valence-corrected chi connectivity index (χ3v) is 7.21. The van der Waals surface area contributed by atoms with Crippen molar-refractivity contribution in [3.8, 4) is 0 Å². The molecule has 0 radical (unpaired) electrons. The SMILES string of the molecule is CCCCCCCCC(=O)N[C@@H](COP(=O)([O-])OCC[N+](C)(C)C)CSCCCCCC. The van der Waals surface area contributed by atoms with Gasteiger partial charge in [0.05, 0.1) is 33.8 Å². The van der Waals surface area contributed by atoms with Crippen LogP contribution < -0.4 is 10.2 Å². The summed E-state index contributed by atoms with van der Waals surface area (Å²) in [5.41, 5.74) is 0. The quantitative estimate of drug-likeness (QED) is 0.132. The van der Waals surface area contributed by atoms with Crippen LogP contribution in [0.5, 0.6) is 0 Å². The van der Waals surface area contributed by atoms with Gasteiger partial charge in [-0.1, -0.05) is 65.2 Å². The zero-order valence-corrected chi connectivity index (χ0v) is 22.9. The Labute approximate surface area is 201 Å². The van der Waals surface area contributed by atoms with Crippen LogP contribution in [0.2, 0.25) is 0 Å². The maximum Gasteiger partial charge on any atom is 0.268 e. The molecule has 32 heavy (non-hydrogen) atoms. The Morgan fingerprint density at radius 3 is 2.19 bits per heavy atom. The van der Waals surface area contributed by atoms with Crippen LogP contribution >= 0.6 is 19.6 Å². The van der Waals surface area contributed by atoms with Crippen molar-refractivity contribution in [3.05, 3.63) is 0 Å². The Kier molecular flexibility index (Phi) is 19.2. The van der Waals surface area contributed by atoms with Crippen molar-refractivity contribution in [2.45, 2.75) is 90.5 Å². The van der Waals surface area contributed by atoms with Crippen molar-refractivity contribution in [2.24, 2.45) is 0 Å². The van der Waals surface area contributed by atoms with Gasteiger partial charge in [-0.25, -0.2) is 0 Å². The molecular weight excluding hydrogens is 447 g/mol. The fourth-order valence-electron chi connectivity index (χ4n) is 3.00. The Bertz CT molecular complexity index is 517. The average molecular weight is 497 g/mol. The van der Waals surface area contributed by atoms with Gasteiger partial charge in [0, 0.05) is 12.2 Å². The predicted octanol–water partition coefficient (Wildman–Crippen LogP) is 4.74. The molecule has 0 saturated heterocycles. The van der Waals surface area contributed by atoms with Gasteiger partial charge >= 0.3 is 0 Å². The molecule has 0 spiro atoms. The monoisotopic (exact) mass is 496 g/mol. The van der Waals surface area contributed by atoms with Crippen LogP contribution in [0.25, 0.3) is 0 Å². The number of hydrogen-bond acceptors (Lipinski definition) is 6. The number of carbonyl (C=O) groups is 1. The van der Waals surface area contributed by atoms with Gasteiger partial charge in [0.15, 0.2) is 0 Å². The number of nitrogens with one attached hydrogen (secondary N) is 1. The van der Waals surface area contributed by atoms with E-state index in [2.05, 4.69) is 19.2 Å². The number of unbranched alkanes of at least 4 members (excludes halogenated alkanes) is 8. The van der Waals surface area contributed by atoms with Crippen LogP contribution in [-0.4, -0.2) is 68.8 Å². The molecule has 192 valence electrons. The summed E-state index contributed by atoms with van der Waals surface area (Å²) in [6.07, 6.45) is 12.0. The minimum atomic E-state index is -4.39. The fourth-order valence-corrected chi connectivity index (χ4v) is 4.78. The molecule has 7 nitrogen and oxygen atoms in total. The van der Waals surface area contributed by atoms with Crippen LogP contribution in [-0.2, 0) is 18.4 Å². The van der Waals surface area contributed by atoms with E-state index in [9.17, 15) is 14.3 Å². The summed E-state index contributed by atoms with van der Waals surface area (Å²) < 4.78 is 22.8. The Morgan fingerprint density at radius 2 is 1.56 bits per heavy atom. The highest BCUT2D eigenvalue weighted by Gasteiger charge is 2.18. The van der Waals surface area contributed by atoms with Crippen LogP contribution in [0.4, 0.5) is 0 Å². The molecule has 0 fully saturated rings. The minimum Gasteiger partial charge on any atom is -0.756 e. The second kappa shape index (κ2) is 19.2. The lowest BCUT2D eigenvalue weighted by molar-refractivity contribution is -0.870. The van der Waals surface area contributed by atoms with Crippen LogP contribution in [0, 0.1) is 0 Å². The largest absolute Gasteiger partial charge is 0.756 e. The molecule has 9 heteroatoms. The Morgan fingerprint density at radius 1 is 0.969 bits per heavy atom. The first-order valence-electron chi connectivity index (χ1n) is 12.4. The molecule has 0 aliphatic heterocycles. The van der Waals surface area contributed by atoms with Gasteiger partial charge in [-0.3, -0.25) is 9.36 Å². The van der Waals surface area contributed by atoms with E-state index in [1.165, 1.54) is 38.5 Å². The van der Waals surface area contributed by atoms with Gasteiger partial charge in [0.1, 0.15) is 13.2 Å². The Hall–Kier alpha value is -0.110. The molecule has 0 bridgehead atoms. The molecule has 0 aliphatic rings. The minimum absolute atomic E-state index is 0.0349. The van der Waals surface area contributed by atoms with E-state index in [0.29, 0.717) is 23.2 Å². The molecule has 1 unspecified atom stereocenters. The average Bonchev–Trinajstić information content (AvgIpc) is 2.70. The van der Waals surface area contributed by atoms with E-state index in [4.69, 9.17) is 9.05 Å². The zero-order chi connectivity index (χ0) is 24.3. The van der Waals surface area contributed by atoms with E-state index in [0.717, 1.165) is 31.4 Å². The van der Waals surface area contributed by atoms with Crippen molar-refractivity contribution >= 4 is 25.5 Å². The van der Waals surface area contributed by atoms with Crippen LogP contribution in [0.3, 0.4) is 0 Å². The normalized spacial score (nSPS) is 14.8. The third-order valence-electron chi connectivity index (χ3n) is 5.03. The first-order valence-corrected chi connectivity index (χ1v) is 15.0. The maximum absolute atomic E-state index is 12.4. The first kappa shape index (κ1) is 31.9. The van der Waals surface area contributed by atoms with E-state index in [-0.39, 0.29) is 25.2 Å². The number of amides is 1. The second-order valence-corrected chi connectivity index (χ2v) is 12.1. The number of likely N-dealkylation sites (N-methyl/N-ethyl adjacent to an activating group) is 1. The summed E-state index contributed by atoms with van der Waals surface area (Å²) in [6, 6.07) is -0.344. The molecule has 0 aromatic carbocycles. The number of rotatable bonds is 22. The van der Waals surface area contributed by atoms with Crippen LogP contribution in [0.1, 0.15) is 84.5 Å². The van der Waals surface area contributed by atoms with Crippen molar-refractivity contribution < 1.29 is 27.8 Å². The highest BCUT2D eigenvalue weighted by Crippen LogP contribution is 2.38. The highest BCUT2D eigenvalue weighted by atomic mass is 32.2. The van der Waals surface area contributed by atoms with Crippen molar-refractivity contribution in [3.63, 3.8) is 0 Å². The summed E-state index contributed by atoms with van der Waals surface area (Å²) >= 11 is 1.73. The van der Waals surface area contributed by atoms with Crippen LogP contribution in [0.15, 0.2) is 0 Å². The van der Waals surface area contributed by atoms with E-state index in [1.807, 2.05) is 21.1 Å². The molecule has 1 N–H and O–H groups in total. The summed E-state index contributed by atoms with van der Waals surface area (Å²) in [5, 5.41) is 2.97. The summed E-state index contributed by atoms with van der Waals surface area (Å²) in [6.45, 7) is 4.92. The van der Waals surface area contributed by atoms with Crippen molar-refractivity contribution in [2.75, 3.05) is 52.4 Å². The van der Waals surface area contributed by atoms with Gasteiger partial charge in [0.25, 0.3) is 7.82 Å². The topological polar surface area (TPSA) is 87.7 Å². The van der Waals surface area contributed by atoms with E-state index < -0.39 is 7.82 Å². The molecular formula is C23H49N2O5PS. The van der Waals surface area contributed by atoms with Gasteiger partial charge < -0.3 is 23.7 Å². The molecule has 0 aliphatic carbocycles. The molecule has 2 atom stereocenters. The smallest absolute Gasteiger partial charge is 0.268 e. The maximum atomic E-state index is 12.4. The number of hydrogen-bond donors (Lipinski definition) is 1. The number of phosphoric acid groups is 1. The number of thioether (sulfide) groups is 1. The fraction of sp³-hybridized carbons (Fsp3) is 0.957. The zero-order valence-electron chi connectivity index (χ0n) is 21.2. The second-order valence-electron chi connectivity index (χ2n) is 9.51. The standard InChI is InChI=1S/C23H49N2O5PS/c1-6-8-10-12-13-14-16-23(26)24-22(21-32-19-15-11-9-7-2)20-30-31(27,28)29-18-17-25(3,4)5/h22H,6-21H2,1-5H3,(H-,24,26,27,28)/t22-/m0/s1. The van der Waals surface area contributed by atoms with E-state index in [1.54, 1.807) is 11.8 Å². The molecule has 0 aromatic heterocycles. The first-order chi connectivity index (χ1) is 15.1. The van der Waals surface area contributed by atoms with E-state index >= 15 is 0 Å². The lowest BCUT2D eigenvalue weighted by Gasteiger charge is -2.28. The molecule has 0 heterocycles. The number of carbonyl (C=O) groups excluding carboxylic acids is 1. The van der Waals surface area contributed by atoms with Gasteiger partial charge in [-0.2, -0.15) is 11.8 Å². The number of phosphoric ester groups is 1. The summed E-state index contributed by atoms with van der Waals surface area (Å²) in [4.78, 5) is 24.5. The van der Waals surface area contributed by atoms with Gasteiger partial charge in [-0.05, 0) is 18.6 Å². The summed E-state index contributed by atoms with van der Waals surface area (Å²) in [7, 11) is 1.51. The lowest BCUT2D eigenvalue weighted by Crippen LogP contribution is -2.40.